The van der Waals surface area contributed by atoms with Crippen LogP contribution in [0.15, 0.2) is 36.0 Å². The van der Waals surface area contributed by atoms with Crippen LogP contribution in [-0.2, 0) is 59.1 Å². The lowest BCUT2D eigenvalue weighted by Crippen LogP contribution is -2.64. The Morgan fingerprint density at radius 2 is 1.54 bits per heavy atom. The van der Waals surface area contributed by atoms with Gasteiger partial charge in [0.1, 0.15) is 41.7 Å². The van der Waals surface area contributed by atoms with Crippen molar-refractivity contribution in [1.29, 1.82) is 0 Å². The molecule has 0 spiro atoms. The van der Waals surface area contributed by atoms with Crippen molar-refractivity contribution in [2.24, 2.45) is 23.3 Å². The van der Waals surface area contributed by atoms with Gasteiger partial charge in [-0.15, -0.1) is 0 Å². The van der Waals surface area contributed by atoms with Crippen molar-refractivity contribution in [2.75, 3.05) is 27.2 Å². The molecule has 0 bridgehead atoms. The van der Waals surface area contributed by atoms with Crippen LogP contribution in [0.2, 0.25) is 0 Å². The number of ether oxygens (including phenoxy) is 1. The minimum Gasteiger partial charge on any atom is -0.508 e. The molecule has 0 aliphatic carbocycles. The van der Waals surface area contributed by atoms with Crippen molar-refractivity contribution in [3.8, 4) is 5.75 Å². The Morgan fingerprint density at radius 1 is 0.901 bits per heavy atom. The Hall–Kier alpha value is -7.19. The molecule has 26 heteroatoms. The molecule has 71 heavy (non-hydrogen) atoms. The summed E-state index contributed by atoms with van der Waals surface area (Å²) < 4.78 is 5.40. The lowest BCUT2D eigenvalue weighted by molar-refractivity contribution is -0.146. The Morgan fingerprint density at radius 3 is 2.13 bits per heavy atom. The monoisotopic (exact) mass is 1000 g/mol. The number of hydrogen-bond acceptors (Lipinski definition) is 15. The number of hydrogen-bond donors (Lipinski definition) is 12. The number of phenolic OH excluding ortho intramolecular Hbond substituents is 1. The van der Waals surface area contributed by atoms with Crippen molar-refractivity contribution < 1.29 is 72.8 Å². The van der Waals surface area contributed by atoms with Gasteiger partial charge in [-0.2, -0.15) is 0 Å². The topological polar surface area (TPSA) is 400 Å². The van der Waals surface area contributed by atoms with Crippen LogP contribution in [0.3, 0.4) is 0 Å². The third kappa shape index (κ3) is 16.5. The molecule has 2 aliphatic rings. The number of rotatable bonds is 12. The lowest BCUT2D eigenvalue weighted by atomic mass is 9.95. The molecule has 11 unspecified atom stereocenters. The summed E-state index contributed by atoms with van der Waals surface area (Å²) in [7, 11) is 2.28. The molecule has 2 fully saturated rings. The van der Waals surface area contributed by atoms with E-state index in [-0.39, 0.29) is 42.5 Å². The Bertz CT molecular complexity index is 2210. The Kier molecular flexibility index (Phi) is 21.9. The van der Waals surface area contributed by atoms with Gasteiger partial charge in [0, 0.05) is 27.1 Å². The predicted octanol–water partition coefficient (Wildman–Crippen LogP) is -4.26. The van der Waals surface area contributed by atoms with E-state index in [1.54, 1.807) is 12.2 Å². The smallest absolute Gasteiger partial charge is 0.318 e. The average Bonchev–Trinajstić information content (AvgIpc) is 3.72. The minimum atomic E-state index is -2.57. The third-order valence-corrected chi connectivity index (χ3v) is 12.2. The van der Waals surface area contributed by atoms with Crippen LogP contribution in [0.5, 0.6) is 5.75 Å². The highest BCUT2D eigenvalue weighted by Gasteiger charge is 2.45. The maximum atomic E-state index is 14.6. The number of fused-ring (bicyclic) bond motifs is 1. The van der Waals surface area contributed by atoms with Crippen molar-refractivity contribution in [1.82, 2.24) is 47.0 Å². The first-order valence-corrected chi connectivity index (χ1v) is 22.9. The van der Waals surface area contributed by atoms with Gasteiger partial charge in [0.15, 0.2) is 12.2 Å². The van der Waals surface area contributed by atoms with E-state index in [9.17, 15) is 68.1 Å². The van der Waals surface area contributed by atoms with E-state index in [1.165, 1.54) is 45.2 Å². The average molecular weight is 1000 g/mol. The summed E-state index contributed by atoms with van der Waals surface area (Å²) in [6, 6.07) is -5.87. The van der Waals surface area contributed by atoms with Crippen LogP contribution in [-0.4, -0.2) is 172 Å². The molecule has 12 amide bonds. The number of carbonyl (C=O) groups excluding carboxylic acids is 11. The molecule has 11 atom stereocenters. The van der Waals surface area contributed by atoms with E-state index >= 15 is 0 Å². The van der Waals surface area contributed by atoms with E-state index in [0.29, 0.717) is 12.8 Å². The zero-order valence-electron chi connectivity index (χ0n) is 40.7. The molecular weight excluding hydrogens is 935 g/mol. The number of aliphatic hydroxyl groups excluding tert-OH is 2. The molecule has 2 aliphatic heterocycles. The summed E-state index contributed by atoms with van der Waals surface area (Å²) in [6.45, 7) is 7.13. The first-order chi connectivity index (χ1) is 33.3. The quantitative estimate of drug-likeness (QED) is 0.0883. The predicted molar refractivity (Wildman–Crippen MR) is 249 cm³/mol. The maximum Gasteiger partial charge on any atom is 0.318 e. The number of para-hydroxylation sites is 1. The highest BCUT2D eigenvalue weighted by molar-refractivity contribution is 6.03. The zero-order valence-corrected chi connectivity index (χ0v) is 40.7. The molecule has 0 aromatic heterocycles. The van der Waals surface area contributed by atoms with Crippen LogP contribution in [0.25, 0.3) is 0 Å². The second-order valence-electron chi connectivity index (χ2n) is 17.7. The highest BCUT2D eigenvalue weighted by atomic mass is 16.5. The first kappa shape index (κ1) is 58.1. The van der Waals surface area contributed by atoms with Gasteiger partial charge < -0.3 is 73.2 Å². The Balaban J connectivity index is 2.25. The number of nitrogens with zero attached hydrogens (tertiary/aromatic N) is 2. The molecule has 392 valence electrons. The number of nitrogens with one attached hydrogen (secondary N) is 7. The number of primary amides is 2. The van der Waals surface area contributed by atoms with Crippen LogP contribution >= 0.6 is 0 Å². The van der Waals surface area contributed by atoms with E-state index < -0.39 is 145 Å². The number of imide groups is 1. The van der Waals surface area contributed by atoms with Gasteiger partial charge in [0.05, 0.1) is 25.1 Å². The number of methoxy groups -OCH3 is 1. The summed E-state index contributed by atoms with van der Waals surface area (Å²) in [5, 5.41) is 49.0. The van der Waals surface area contributed by atoms with E-state index in [0.717, 1.165) is 22.9 Å². The van der Waals surface area contributed by atoms with Crippen LogP contribution in [0.1, 0.15) is 72.3 Å². The van der Waals surface area contributed by atoms with Crippen LogP contribution in [0.4, 0.5) is 4.79 Å². The van der Waals surface area contributed by atoms with Gasteiger partial charge in [0.25, 0.3) is 17.7 Å². The van der Waals surface area contributed by atoms with E-state index in [2.05, 4.69) is 31.9 Å². The van der Waals surface area contributed by atoms with Crippen LogP contribution in [0, 0.1) is 11.8 Å². The van der Waals surface area contributed by atoms with Gasteiger partial charge in [-0.05, 0) is 56.6 Å². The standard InChI is InChI=1S/C45H67N11O15/c1-8-21(3)14-15-26-35(60)41(66)48-25(9-2)43(68)55(6)20-32(59)52-34(36(61)42(67)54-45(47)70)40(65)53-33(23(5)71-7)44(69)56-19-22(4)16-29(56)39(64)51-27(17-24-12-10-11-13-30(24)57)37(62)50-28(18-31(46)58)38(63)49-26/h9-13,21-23,26-29,33-36,57,60-61H,8,14-20H2,1-7H3,(H2,46,58)(H,48,66)(H,49,63)(H,50,62)(H,51,64)(H,52,59)(H,53,65)(H3,47,54,67,70). The number of allylic oxidation sites excluding steroid dienone is 1. The molecule has 2 heterocycles. The summed E-state index contributed by atoms with van der Waals surface area (Å²) >= 11 is 0. The van der Waals surface area contributed by atoms with Crippen molar-refractivity contribution >= 4 is 65.1 Å². The molecule has 2 saturated heterocycles. The summed E-state index contributed by atoms with van der Waals surface area (Å²) in [4.78, 5) is 151. The highest BCUT2D eigenvalue weighted by Crippen LogP contribution is 2.26. The molecule has 3 rings (SSSR count). The van der Waals surface area contributed by atoms with Gasteiger partial charge in [-0.1, -0.05) is 51.5 Å². The number of likely N-dealkylation sites (N-methyl/N-ethyl adjacent to an activating group) is 1. The fourth-order valence-electron chi connectivity index (χ4n) is 7.78. The number of phenols is 1. The minimum absolute atomic E-state index is 0.00294. The van der Waals surface area contributed by atoms with Gasteiger partial charge in [0.2, 0.25) is 41.4 Å². The number of urea groups is 1. The zero-order chi connectivity index (χ0) is 53.4. The number of carbonyl (C=O) groups is 11. The van der Waals surface area contributed by atoms with Crippen molar-refractivity contribution in [3.05, 3.63) is 41.6 Å². The first-order valence-electron chi connectivity index (χ1n) is 22.9. The van der Waals surface area contributed by atoms with E-state index in [4.69, 9.17) is 16.2 Å². The molecule has 14 N–H and O–H groups in total. The van der Waals surface area contributed by atoms with Gasteiger partial charge in [-0.3, -0.25) is 53.3 Å². The van der Waals surface area contributed by atoms with Gasteiger partial charge >= 0.3 is 6.03 Å². The summed E-state index contributed by atoms with van der Waals surface area (Å²) in [6.07, 6.45) is -5.04. The largest absolute Gasteiger partial charge is 0.508 e. The van der Waals surface area contributed by atoms with Crippen LogP contribution < -0.4 is 48.7 Å². The number of aliphatic hydroxyl groups is 2. The number of nitrogens with two attached hydrogens (primary N) is 2. The molecule has 0 saturated carbocycles. The fraction of sp³-hybridized carbons (Fsp3) is 0.578. The summed E-state index contributed by atoms with van der Waals surface area (Å²) in [5.41, 5.74) is 10.2. The number of aromatic hydroxyl groups is 1. The normalized spacial score (nSPS) is 26.7. The lowest BCUT2D eigenvalue weighted by Gasteiger charge is -2.33. The molecular formula is C45H67N11O15. The number of benzene rings is 1. The molecule has 1 aromatic rings. The second-order valence-corrected chi connectivity index (χ2v) is 17.7. The second kappa shape index (κ2) is 26.7. The molecule has 0 radical (unpaired) electrons. The van der Waals surface area contributed by atoms with Crippen molar-refractivity contribution in [2.45, 2.75) is 128 Å². The van der Waals surface area contributed by atoms with Gasteiger partial charge in [-0.25, -0.2) is 4.79 Å². The molecule has 1 aromatic carbocycles. The number of amides is 12. The SMILES string of the molecule is CC=C1NC(=O)C(O)C(CCC(C)CC)NC(=O)C(CC(N)=O)NC(=O)C(Cc2ccccc2O)NC(=O)C2CC(C)CN2C(=O)C(C(C)OC)NC(=O)C(C(O)C(=O)NC(N)=O)NC(=O)CN(C)C1=O. The maximum absolute atomic E-state index is 14.6. The third-order valence-electron chi connectivity index (χ3n) is 12.2. The van der Waals surface area contributed by atoms with Crippen molar-refractivity contribution in [3.63, 3.8) is 0 Å². The Labute approximate surface area is 409 Å². The molecule has 26 nitrogen and oxygen atoms in total. The fourth-order valence-corrected chi connectivity index (χ4v) is 7.78. The summed E-state index contributed by atoms with van der Waals surface area (Å²) in [5.74, 6) is -12.1. The van der Waals surface area contributed by atoms with E-state index in [1.807, 2.05) is 13.8 Å².